The number of pyridine rings is 1. The van der Waals surface area contributed by atoms with Gasteiger partial charge in [-0.15, -0.1) is 0 Å². The number of aromatic nitrogens is 1. The largest absolute Gasteiger partial charge is 0.385 e. The van der Waals surface area contributed by atoms with Crippen LogP contribution in [-0.2, 0) is 4.74 Å². The van der Waals surface area contributed by atoms with E-state index < -0.39 is 5.60 Å². The molecule has 0 saturated carbocycles. The number of nitriles is 1. The molecular formula is C14H19N3O2. The second kappa shape index (κ2) is 5.16. The Morgan fingerprint density at radius 1 is 1.63 bits per heavy atom. The number of hydrogen-bond acceptors (Lipinski definition) is 5. The van der Waals surface area contributed by atoms with E-state index in [1.165, 1.54) is 0 Å². The quantitative estimate of drug-likeness (QED) is 0.862. The Balaban J connectivity index is 2.18. The fourth-order valence-electron chi connectivity index (χ4n) is 2.36. The van der Waals surface area contributed by atoms with Gasteiger partial charge in [-0.3, -0.25) is 4.98 Å². The van der Waals surface area contributed by atoms with Crippen LogP contribution in [0.2, 0.25) is 0 Å². The zero-order valence-electron chi connectivity index (χ0n) is 11.5. The van der Waals surface area contributed by atoms with Crippen molar-refractivity contribution in [3.05, 3.63) is 23.0 Å². The van der Waals surface area contributed by atoms with Crippen molar-refractivity contribution in [2.45, 2.75) is 38.9 Å². The summed E-state index contributed by atoms with van der Waals surface area (Å²) in [6.45, 7) is 6.50. The molecule has 19 heavy (non-hydrogen) atoms. The molecule has 1 aromatic heterocycles. The maximum atomic E-state index is 10.4. The molecule has 2 rings (SSSR count). The Morgan fingerprint density at radius 3 is 2.95 bits per heavy atom. The van der Waals surface area contributed by atoms with Gasteiger partial charge in [-0.05, 0) is 26.8 Å². The third kappa shape index (κ3) is 2.70. The Kier molecular flexibility index (Phi) is 3.74. The third-order valence-corrected chi connectivity index (χ3v) is 3.68. The molecule has 5 nitrogen and oxygen atoms in total. The molecule has 1 saturated heterocycles. The standard InChI is InChI=1S/C14H19N3O2/c1-9-6-13(12(7-15)10(2)17-9)16-8-14(18)4-5-19-11(14)3/h6,11,18H,4-5,8H2,1-3H3,(H,16,17). The van der Waals surface area contributed by atoms with Crippen LogP contribution in [0.5, 0.6) is 0 Å². The van der Waals surface area contributed by atoms with Gasteiger partial charge in [0.15, 0.2) is 0 Å². The van der Waals surface area contributed by atoms with Crippen LogP contribution in [0.15, 0.2) is 6.07 Å². The van der Waals surface area contributed by atoms with Crippen LogP contribution in [0.1, 0.15) is 30.3 Å². The first-order valence-corrected chi connectivity index (χ1v) is 6.42. The van der Waals surface area contributed by atoms with Gasteiger partial charge < -0.3 is 15.2 Å². The van der Waals surface area contributed by atoms with Crippen LogP contribution in [0.4, 0.5) is 5.69 Å². The van der Waals surface area contributed by atoms with Gasteiger partial charge in [0.2, 0.25) is 0 Å². The Labute approximate surface area is 113 Å². The molecule has 0 bridgehead atoms. The van der Waals surface area contributed by atoms with E-state index in [1.54, 1.807) is 0 Å². The van der Waals surface area contributed by atoms with E-state index in [-0.39, 0.29) is 6.10 Å². The molecule has 1 aliphatic rings. The molecule has 0 aliphatic carbocycles. The monoisotopic (exact) mass is 261 g/mol. The normalized spacial score (nSPS) is 26.2. The van der Waals surface area contributed by atoms with Gasteiger partial charge in [0.25, 0.3) is 0 Å². The van der Waals surface area contributed by atoms with Gasteiger partial charge in [0.1, 0.15) is 11.7 Å². The highest BCUT2D eigenvalue weighted by Crippen LogP contribution is 2.27. The summed E-state index contributed by atoms with van der Waals surface area (Å²) in [4.78, 5) is 4.27. The summed E-state index contributed by atoms with van der Waals surface area (Å²) in [5.74, 6) is 0. The first-order valence-electron chi connectivity index (χ1n) is 6.42. The fraction of sp³-hybridized carbons (Fsp3) is 0.571. The summed E-state index contributed by atoms with van der Waals surface area (Å²) in [6.07, 6.45) is 0.404. The lowest BCUT2D eigenvalue weighted by molar-refractivity contribution is -0.0175. The Morgan fingerprint density at radius 2 is 2.37 bits per heavy atom. The lowest BCUT2D eigenvalue weighted by atomic mass is 9.96. The number of nitrogens with zero attached hydrogens (tertiary/aromatic N) is 2. The van der Waals surface area contributed by atoms with E-state index in [1.807, 2.05) is 26.8 Å². The number of ether oxygens (including phenoxy) is 1. The second-order valence-electron chi connectivity index (χ2n) is 5.10. The molecule has 2 unspecified atom stereocenters. The van der Waals surface area contributed by atoms with Gasteiger partial charge in [-0.2, -0.15) is 5.26 Å². The summed E-state index contributed by atoms with van der Waals surface area (Å²) >= 11 is 0. The highest BCUT2D eigenvalue weighted by Gasteiger charge is 2.39. The summed E-state index contributed by atoms with van der Waals surface area (Å²) < 4.78 is 5.39. The number of aryl methyl sites for hydroxylation is 2. The Hall–Kier alpha value is -1.64. The lowest BCUT2D eigenvalue weighted by Gasteiger charge is -2.27. The van der Waals surface area contributed by atoms with Crippen LogP contribution in [-0.4, -0.2) is 34.9 Å². The van der Waals surface area contributed by atoms with Crippen LogP contribution < -0.4 is 5.32 Å². The van der Waals surface area contributed by atoms with E-state index in [4.69, 9.17) is 4.74 Å². The van der Waals surface area contributed by atoms with E-state index >= 15 is 0 Å². The van der Waals surface area contributed by atoms with E-state index in [0.717, 1.165) is 11.4 Å². The van der Waals surface area contributed by atoms with Crippen molar-refractivity contribution in [2.75, 3.05) is 18.5 Å². The first-order chi connectivity index (χ1) is 8.96. The number of aliphatic hydroxyl groups is 1. The average Bonchev–Trinajstić information content (AvgIpc) is 2.67. The van der Waals surface area contributed by atoms with E-state index in [2.05, 4.69) is 16.4 Å². The Bertz CT molecular complexity index is 524. The van der Waals surface area contributed by atoms with Gasteiger partial charge in [-0.25, -0.2) is 0 Å². The summed E-state index contributed by atoms with van der Waals surface area (Å²) in [5.41, 5.74) is 1.92. The molecule has 2 atom stereocenters. The molecule has 0 amide bonds. The topological polar surface area (TPSA) is 78.2 Å². The first kappa shape index (κ1) is 13.8. The van der Waals surface area contributed by atoms with Crippen LogP contribution in [0.3, 0.4) is 0 Å². The molecule has 0 aromatic carbocycles. The van der Waals surface area contributed by atoms with Crippen molar-refractivity contribution in [3.8, 4) is 6.07 Å². The van der Waals surface area contributed by atoms with Gasteiger partial charge in [0, 0.05) is 25.3 Å². The molecular weight excluding hydrogens is 242 g/mol. The van der Waals surface area contributed by atoms with Crippen molar-refractivity contribution >= 4 is 5.69 Å². The highest BCUT2D eigenvalue weighted by atomic mass is 16.5. The van der Waals surface area contributed by atoms with Crippen molar-refractivity contribution in [1.29, 1.82) is 5.26 Å². The smallest absolute Gasteiger partial charge is 0.110 e. The van der Waals surface area contributed by atoms with E-state index in [9.17, 15) is 10.4 Å². The van der Waals surface area contributed by atoms with Crippen molar-refractivity contribution in [1.82, 2.24) is 4.98 Å². The molecule has 1 aliphatic heterocycles. The summed E-state index contributed by atoms with van der Waals surface area (Å²) in [7, 11) is 0. The number of nitrogens with one attached hydrogen (secondary N) is 1. The predicted molar refractivity (Wildman–Crippen MR) is 71.9 cm³/mol. The van der Waals surface area contributed by atoms with Gasteiger partial charge in [-0.1, -0.05) is 0 Å². The molecule has 2 heterocycles. The second-order valence-corrected chi connectivity index (χ2v) is 5.10. The average molecular weight is 261 g/mol. The number of rotatable bonds is 3. The van der Waals surface area contributed by atoms with Crippen LogP contribution in [0, 0.1) is 25.2 Å². The van der Waals surface area contributed by atoms with Crippen molar-refractivity contribution < 1.29 is 9.84 Å². The minimum Gasteiger partial charge on any atom is -0.385 e. The predicted octanol–water partition coefficient (Wildman–Crippen LogP) is 1.52. The van der Waals surface area contributed by atoms with Crippen LogP contribution >= 0.6 is 0 Å². The third-order valence-electron chi connectivity index (χ3n) is 3.68. The molecule has 2 N–H and O–H groups in total. The van der Waals surface area contributed by atoms with Gasteiger partial charge in [0.05, 0.1) is 23.0 Å². The summed E-state index contributed by atoms with van der Waals surface area (Å²) in [5, 5.41) is 22.8. The minimum absolute atomic E-state index is 0.199. The maximum absolute atomic E-state index is 10.4. The zero-order valence-corrected chi connectivity index (χ0v) is 11.5. The fourth-order valence-corrected chi connectivity index (χ4v) is 2.36. The summed E-state index contributed by atoms with van der Waals surface area (Å²) in [6, 6.07) is 3.98. The van der Waals surface area contributed by atoms with Gasteiger partial charge >= 0.3 is 0 Å². The van der Waals surface area contributed by atoms with Crippen molar-refractivity contribution in [2.24, 2.45) is 0 Å². The van der Waals surface area contributed by atoms with Crippen molar-refractivity contribution in [3.63, 3.8) is 0 Å². The lowest BCUT2D eigenvalue weighted by Crippen LogP contribution is -2.43. The SMILES string of the molecule is Cc1cc(NCC2(O)CCOC2C)c(C#N)c(C)n1. The molecule has 1 aromatic rings. The number of hydrogen-bond donors (Lipinski definition) is 2. The molecule has 0 spiro atoms. The van der Waals surface area contributed by atoms with E-state index in [0.29, 0.717) is 30.8 Å². The maximum Gasteiger partial charge on any atom is 0.110 e. The number of anilines is 1. The highest BCUT2D eigenvalue weighted by molar-refractivity contribution is 5.60. The van der Waals surface area contributed by atoms with Crippen LogP contribution in [0.25, 0.3) is 0 Å². The molecule has 5 heteroatoms. The zero-order chi connectivity index (χ0) is 14.0. The molecule has 102 valence electrons. The molecule has 1 fully saturated rings. The molecule has 0 radical (unpaired) electrons. The minimum atomic E-state index is -0.877.